The van der Waals surface area contributed by atoms with Crippen LogP contribution < -0.4 is 0 Å². The summed E-state index contributed by atoms with van der Waals surface area (Å²) in [5.41, 5.74) is 0.775. The molecule has 0 atom stereocenters. The van der Waals surface area contributed by atoms with Crippen LogP contribution in [0, 0.1) is 5.82 Å². The number of hydrogen-bond donors (Lipinski definition) is 0. The highest BCUT2D eigenvalue weighted by Gasteiger charge is 2.16. The van der Waals surface area contributed by atoms with E-state index in [2.05, 4.69) is 15.5 Å². The molecule has 1 aromatic carbocycles. The first-order chi connectivity index (χ1) is 11.0. The molecule has 1 heterocycles. The minimum Gasteiger partial charge on any atom is -0.338 e. The van der Waals surface area contributed by atoms with Crippen LogP contribution in [0.2, 0.25) is 0 Å². The van der Waals surface area contributed by atoms with Crippen LogP contribution in [0.25, 0.3) is 0 Å². The Balaban J connectivity index is 1.96. The summed E-state index contributed by atoms with van der Waals surface area (Å²) in [6.45, 7) is 6.81. The molecule has 0 N–H and O–H groups in total. The standard InChI is InChI=1S/C15H20FN5OS/c1-4-20(9-12-6-5-7-13(16)8-12)14(22)10-23-15-17-18-19-21(15)11(2)3/h5-8,11H,4,9-10H2,1-3H3. The molecule has 0 aliphatic rings. The molecule has 2 aromatic rings. The van der Waals surface area contributed by atoms with Gasteiger partial charge < -0.3 is 4.90 Å². The van der Waals surface area contributed by atoms with Crippen molar-refractivity contribution in [3.05, 3.63) is 35.6 Å². The summed E-state index contributed by atoms with van der Waals surface area (Å²) >= 11 is 1.31. The average Bonchev–Trinajstić information content (AvgIpc) is 2.99. The fraction of sp³-hybridized carbons (Fsp3) is 0.467. The highest BCUT2D eigenvalue weighted by molar-refractivity contribution is 7.99. The molecule has 2 rings (SSSR count). The van der Waals surface area contributed by atoms with E-state index >= 15 is 0 Å². The highest BCUT2D eigenvalue weighted by Crippen LogP contribution is 2.18. The molecule has 0 radical (unpaired) electrons. The van der Waals surface area contributed by atoms with Crippen molar-refractivity contribution in [2.24, 2.45) is 0 Å². The predicted octanol–water partition coefficient (Wildman–Crippen LogP) is 2.53. The van der Waals surface area contributed by atoms with Crippen LogP contribution in [-0.4, -0.2) is 43.3 Å². The van der Waals surface area contributed by atoms with Crippen molar-refractivity contribution in [2.45, 2.75) is 38.5 Å². The minimum absolute atomic E-state index is 0.0277. The lowest BCUT2D eigenvalue weighted by molar-refractivity contribution is -0.128. The van der Waals surface area contributed by atoms with E-state index in [1.165, 1.54) is 23.9 Å². The number of halogens is 1. The molecule has 6 nitrogen and oxygen atoms in total. The Labute approximate surface area is 139 Å². The SMILES string of the molecule is CCN(Cc1cccc(F)c1)C(=O)CSc1nnnn1C(C)C. The van der Waals surface area contributed by atoms with Crippen molar-refractivity contribution in [3.8, 4) is 0 Å². The first-order valence-electron chi connectivity index (χ1n) is 7.44. The monoisotopic (exact) mass is 337 g/mol. The van der Waals surface area contributed by atoms with E-state index in [4.69, 9.17) is 0 Å². The van der Waals surface area contributed by atoms with Crippen LogP contribution in [0.15, 0.2) is 29.4 Å². The van der Waals surface area contributed by atoms with E-state index in [-0.39, 0.29) is 23.5 Å². The summed E-state index contributed by atoms with van der Waals surface area (Å²) in [5.74, 6) is -0.0764. The number of tetrazole rings is 1. The topological polar surface area (TPSA) is 63.9 Å². The number of aromatic nitrogens is 4. The Morgan fingerprint density at radius 1 is 1.43 bits per heavy atom. The molecule has 124 valence electrons. The van der Waals surface area contributed by atoms with E-state index in [1.54, 1.807) is 15.6 Å². The van der Waals surface area contributed by atoms with E-state index < -0.39 is 0 Å². The third-order valence-electron chi connectivity index (χ3n) is 3.27. The lowest BCUT2D eigenvalue weighted by Crippen LogP contribution is -2.31. The quantitative estimate of drug-likeness (QED) is 0.727. The maximum atomic E-state index is 13.2. The van der Waals surface area contributed by atoms with Gasteiger partial charge in [-0.3, -0.25) is 4.79 Å². The molecule has 0 fully saturated rings. The van der Waals surface area contributed by atoms with Crippen molar-refractivity contribution < 1.29 is 9.18 Å². The Bertz CT molecular complexity index is 661. The summed E-state index contributed by atoms with van der Waals surface area (Å²) < 4.78 is 14.9. The van der Waals surface area contributed by atoms with Gasteiger partial charge in [-0.25, -0.2) is 9.07 Å². The third kappa shape index (κ3) is 4.75. The molecule has 0 aliphatic carbocycles. The maximum Gasteiger partial charge on any atom is 0.233 e. The Kier molecular flexibility index (Phi) is 6.09. The average molecular weight is 337 g/mol. The van der Waals surface area contributed by atoms with Gasteiger partial charge in [-0.15, -0.1) is 5.10 Å². The lowest BCUT2D eigenvalue weighted by Gasteiger charge is -2.20. The Morgan fingerprint density at radius 2 is 2.22 bits per heavy atom. The van der Waals surface area contributed by atoms with E-state index in [0.29, 0.717) is 18.2 Å². The second kappa shape index (κ2) is 8.05. The van der Waals surface area contributed by atoms with Crippen LogP contribution >= 0.6 is 11.8 Å². The summed E-state index contributed by atoms with van der Waals surface area (Å²) in [6.07, 6.45) is 0. The van der Waals surface area contributed by atoms with E-state index in [0.717, 1.165) is 5.56 Å². The van der Waals surface area contributed by atoms with Crippen molar-refractivity contribution in [2.75, 3.05) is 12.3 Å². The molecule has 1 aromatic heterocycles. The third-order valence-corrected chi connectivity index (χ3v) is 4.19. The zero-order chi connectivity index (χ0) is 16.8. The summed E-state index contributed by atoms with van der Waals surface area (Å²) in [4.78, 5) is 14.1. The molecule has 8 heteroatoms. The van der Waals surface area contributed by atoms with Crippen molar-refractivity contribution in [1.82, 2.24) is 25.1 Å². The molecule has 1 amide bonds. The number of amides is 1. The van der Waals surface area contributed by atoms with Gasteiger partial charge in [-0.1, -0.05) is 23.9 Å². The minimum atomic E-state index is -0.295. The highest BCUT2D eigenvalue weighted by atomic mass is 32.2. The first kappa shape index (κ1) is 17.4. The molecular formula is C15H20FN5OS. The van der Waals surface area contributed by atoms with Gasteiger partial charge >= 0.3 is 0 Å². The zero-order valence-corrected chi connectivity index (χ0v) is 14.3. The zero-order valence-electron chi connectivity index (χ0n) is 13.4. The molecule has 0 unspecified atom stereocenters. The number of hydrogen-bond acceptors (Lipinski definition) is 5. The van der Waals surface area contributed by atoms with Gasteiger partial charge in [0.2, 0.25) is 11.1 Å². The summed E-state index contributed by atoms with van der Waals surface area (Å²) in [7, 11) is 0. The van der Waals surface area contributed by atoms with E-state index in [9.17, 15) is 9.18 Å². The molecule has 23 heavy (non-hydrogen) atoms. The van der Waals surface area contributed by atoms with Crippen LogP contribution in [-0.2, 0) is 11.3 Å². The van der Waals surface area contributed by atoms with Crippen LogP contribution in [0.1, 0.15) is 32.4 Å². The fourth-order valence-electron chi connectivity index (χ4n) is 2.05. The number of thioether (sulfide) groups is 1. The molecule has 0 spiro atoms. The first-order valence-corrected chi connectivity index (χ1v) is 8.42. The second-order valence-electron chi connectivity index (χ2n) is 5.33. The number of nitrogens with zero attached hydrogens (tertiary/aromatic N) is 5. The molecule has 0 saturated carbocycles. The normalized spacial score (nSPS) is 11.0. The van der Waals surface area contributed by atoms with Gasteiger partial charge in [0.25, 0.3) is 0 Å². The van der Waals surface area contributed by atoms with Crippen LogP contribution in [0.3, 0.4) is 0 Å². The Morgan fingerprint density at radius 3 is 2.87 bits per heavy atom. The molecule has 0 saturated heterocycles. The smallest absolute Gasteiger partial charge is 0.233 e. The predicted molar refractivity (Wildman–Crippen MR) is 86.4 cm³/mol. The summed E-state index contributed by atoms with van der Waals surface area (Å²) in [5, 5.41) is 12.1. The maximum absolute atomic E-state index is 13.2. The number of carbonyl (C=O) groups is 1. The molecule has 0 bridgehead atoms. The second-order valence-corrected chi connectivity index (χ2v) is 6.27. The lowest BCUT2D eigenvalue weighted by atomic mass is 10.2. The van der Waals surface area contributed by atoms with Gasteiger partial charge in [-0.2, -0.15) is 0 Å². The Hall–Kier alpha value is -1.96. The number of rotatable bonds is 7. The van der Waals surface area contributed by atoms with Gasteiger partial charge in [0.15, 0.2) is 0 Å². The largest absolute Gasteiger partial charge is 0.338 e. The van der Waals surface area contributed by atoms with Crippen molar-refractivity contribution in [1.29, 1.82) is 0 Å². The molecule has 0 aliphatic heterocycles. The fourth-order valence-corrected chi connectivity index (χ4v) is 2.96. The van der Waals surface area contributed by atoms with Crippen LogP contribution in [0.4, 0.5) is 4.39 Å². The number of carbonyl (C=O) groups excluding carboxylic acids is 1. The van der Waals surface area contributed by atoms with Gasteiger partial charge in [-0.05, 0) is 48.9 Å². The van der Waals surface area contributed by atoms with Crippen molar-refractivity contribution >= 4 is 17.7 Å². The van der Waals surface area contributed by atoms with E-state index in [1.807, 2.05) is 26.8 Å². The molecular weight excluding hydrogens is 317 g/mol. The van der Waals surface area contributed by atoms with Crippen LogP contribution in [0.5, 0.6) is 0 Å². The van der Waals surface area contributed by atoms with Gasteiger partial charge in [0.05, 0.1) is 11.8 Å². The van der Waals surface area contributed by atoms with Gasteiger partial charge in [0.1, 0.15) is 5.82 Å². The van der Waals surface area contributed by atoms with Crippen molar-refractivity contribution in [3.63, 3.8) is 0 Å². The number of benzene rings is 1. The van der Waals surface area contributed by atoms with Gasteiger partial charge in [0, 0.05) is 13.1 Å². The summed E-state index contributed by atoms with van der Waals surface area (Å²) in [6, 6.07) is 6.43.